The molecule has 23 heavy (non-hydrogen) atoms. The lowest BCUT2D eigenvalue weighted by atomic mass is 10.1. The molecule has 126 valence electrons. The Morgan fingerprint density at radius 2 is 2.09 bits per heavy atom. The Morgan fingerprint density at radius 1 is 1.35 bits per heavy atom. The molecule has 1 saturated carbocycles. The van der Waals surface area contributed by atoms with Gasteiger partial charge < -0.3 is 9.52 Å². The van der Waals surface area contributed by atoms with Crippen molar-refractivity contribution in [2.75, 3.05) is 7.05 Å². The lowest BCUT2D eigenvalue weighted by Gasteiger charge is -2.27. The van der Waals surface area contributed by atoms with Crippen molar-refractivity contribution in [2.24, 2.45) is 0 Å². The van der Waals surface area contributed by atoms with Crippen LogP contribution in [0.4, 0.5) is 8.78 Å². The summed E-state index contributed by atoms with van der Waals surface area (Å²) in [5, 5.41) is 9.96. The summed E-state index contributed by atoms with van der Waals surface area (Å²) in [6.07, 6.45) is 2.17. The molecule has 0 amide bonds. The van der Waals surface area contributed by atoms with Crippen molar-refractivity contribution in [3.63, 3.8) is 0 Å². The Kier molecular flexibility index (Phi) is 4.38. The summed E-state index contributed by atoms with van der Waals surface area (Å²) in [4.78, 5) is 6.13. The molecule has 1 aromatic heterocycles. The normalized spacial score (nSPS) is 21.9. The minimum atomic E-state index is -0.989. The summed E-state index contributed by atoms with van der Waals surface area (Å²) in [5.74, 6) is -1.49. The van der Waals surface area contributed by atoms with E-state index in [1.165, 1.54) is 0 Å². The van der Waals surface area contributed by atoms with Gasteiger partial charge in [0.25, 0.3) is 0 Å². The Balaban J connectivity index is 1.92. The highest BCUT2D eigenvalue weighted by Gasteiger charge is 2.29. The van der Waals surface area contributed by atoms with E-state index in [9.17, 15) is 13.9 Å². The van der Waals surface area contributed by atoms with Crippen molar-refractivity contribution in [1.29, 1.82) is 0 Å². The molecule has 2 aromatic rings. The lowest BCUT2D eigenvalue weighted by Crippen LogP contribution is -2.37. The van der Waals surface area contributed by atoms with Gasteiger partial charge in [-0.25, -0.2) is 9.37 Å². The average molecular weight is 324 g/mol. The maximum atomic E-state index is 14.3. The van der Waals surface area contributed by atoms with E-state index in [0.717, 1.165) is 19.3 Å². The smallest absolute Gasteiger partial charge is 0.203 e. The molecule has 6 heteroatoms. The molecule has 0 spiro atoms. The van der Waals surface area contributed by atoms with Gasteiger partial charge in [-0.3, -0.25) is 4.90 Å². The number of aliphatic hydroxyl groups is 1. The van der Waals surface area contributed by atoms with E-state index in [-0.39, 0.29) is 29.7 Å². The number of hydrogen-bond acceptors (Lipinski definition) is 4. The molecule has 1 aromatic carbocycles. The quantitative estimate of drug-likeness (QED) is 0.934. The number of fused-ring (bicyclic) bond motifs is 1. The van der Waals surface area contributed by atoms with E-state index in [2.05, 4.69) is 4.98 Å². The Labute approximate surface area is 134 Å². The highest BCUT2D eigenvalue weighted by atomic mass is 19.2. The van der Waals surface area contributed by atoms with Gasteiger partial charge >= 0.3 is 0 Å². The SMILES string of the molecule is CC(C)c1nc2cc(CN(C)[C@H]3CCC[C@H]3O)c(F)c(F)c2o1. The zero-order valence-corrected chi connectivity index (χ0v) is 13.6. The highest BCUT2D eigenvalue weighted by Crippen LogP contribution is 2.29. The van der Waals surface area contributed by atoms with Crippen LogP contribution in [0.15, 0.2) is 10.5 Å². The number of oxazole rings is 1. The van der Waals surface area contributed by atoms with Crippen LogP contribution in [0.25, 0.3) is 11.1 Å². The third-order valence-electron chi connectivity index (χ3n) is 4.58. The van der Waals surface area contributed by atoms with Crippen LogP contribution in [0.2, 0.25) is 0 Å². The van der Waals surface area contributed by atoms with Gasteiger partial charge in [-0.05, 0) is 32.4 Å². The van der Waals surface area contributed by atoms with Crippen LogP contribution in [-0.4, -0.2) is 34.2 Å². The third-order valence-corrected chi connectivity index (χ3v) is 4.58. The standard InChI is InChI=1S/C17H22F2N2O2/c1-9(2)17-20-11-7-10(14(18)15(19)16(11)23-17)8-21(3)12-5-4-6-13(12)22/h7,9,12-13,22H,4-6,8H2,1-3H3/t12-,13+/m0/s1. The largest absolute Gasteiger partial charge is 0.437 e. The topological polar surface area (TPSA) is 49.5 Å². The molecule has 4 nitrogen and oxygen atoms in total. The zero-order chi connectivity index (χ0) is 16.7. The second-order valence-electron chi connectivity index (χ2n) is 6.70. The first-order valence-corrected chi connectivity index (χ1v) is 8.04. The summed E-state index contributed by atoms with van der Waals surface area (Å²) in [6, 6.07) is 1.53. The molecule has 0 bridgehead atoms. The van der Waals surface area contributed by atoms with E-state index in [1.54, 1.807) is 6.07 Å². The van der Waals surface area contributed by atoms with Gasteiger partial charge in [-0.2, -0.15) is 4.39 Å². The van der Waals surface area contributed by atoms with Gasteiger partial charge in [0.05, 0.1) is 6.10 Å². The lowest BCUT2D eigenvalue weighted by molar-refractivity contribution is 0.0818. The van der Waals surface area contributed by atoms with Crippen molar-refractivity contribution in [3.05, 3.63) is 29.2 Å². The fourth-order valence-corrected chi connectivity index (χ4v) is 3.26. The third kappa shape index (κ3) is 2.97. The number of aromatic nitrogens is 1. The number of aliphatic hydroxyl groups excluding tert-OH is 1. The van der Waals surface area contributed by atoms with Crippen LogP contribution in [0.1, 0.15) is 50.5 Å². The summed E-state index contributed by atoms with van der Waals surface area (Å²) in [6.45, 7) is 3.99. The molecular weight excluding hydrogens is 302 g/mol. The van der Waals surface area contributed by atoms with Gasteiger partial charge in [0.15, 0.2) is 17.3 Å². The van der Waals surface area contributed by atoms with E-state index in [1.807, 2.05) is 25.8 Å². The van der Waals surface area contributed by atoms with Crippen LogP contribution in [0.3, 0.4) is 0 Å². The summed E-state index contributed by atoms with van der Waals surface area (Å²) < 4.78 is 33.9. The molecule has 3 rings (SSSR count). The van der Waals surface area contributed by atoms with Crippen LogP contribution in [0.5, 0.6) is 0 Å². The van der Waals surface area contributed by atoms with Gasteiger partial charge in [0.1, 0.15) is 5.52 Å². The highest BCUT2D eigenvalue weighted by molar-refractivity contribution is 5.74. The maximum absolute atomic E-state index is 14.3. The molecule has 0 aliphatic heterocycles. The van der Waals surface area contributed by atoms with Crippen molar-refractivity contribution in [1.82, 2.24) is 9.88 Å². The molecule has 0 radical (unpaired) electrons. The summed E-state index contributed by atoms with van der Waals surface area (Å²) >= 11 is 0. The molecule has 1 aliphatic rings. The van der Waals surface area contributed by atoms with E-state index in [0.29, 0.717) is 11.4 Å². The van der Waals surface area contributed by atoms with Crippen molar-refractivity contribution >= 4 is 11.1 Å². The number of likely N-dealkylation sites (N-methyl/N-ethyl adjacent to an activating group) is 1. The number of benzene rings is 1. The van der Waals surface area contributed by atoms with Gasteiger partial charge in [0, 0.05) is 24.1 Å². The van der Waals surface area contributed by atoms with Crippen molar-refractivity contribution < 1.29 is 18.3 Å². The minimum Gasteiger partial charge on any atom is -0.437 e. The molecule has 0 unspecified atom stereocenters. The van der Waals surface area contributed by atoms with Crippen LogP contribution >= 0.6 is 0 Å². The van der Waals surface area contributed by atoms with Crippen LogP contribution in [0, 0.1) is 11.6 Å². The second-order valence-corrected chi connectivity index (χ2v) is 6.70. The monoisotopic (exact) mass is 324 g/mol. The Hall–Kier alpha value is -1.53. The van der Waals surface area contributed by atoms with Gasteiger partial charge in [-0.15, -0.1) is 0 Å². The predicted octanol–water partition coefficient (Wildman–Crippen LogP) is 3.57. The fraction of sp³-hybridized carbons (Fsp3) is 0.588. The Morgan fingerprint density at radius 3 is 2.70 bits per heavy atom. The molecule has 2 atom stereocenters. The van der Waals surface area contributed by atoms with Gasteiger partial charge in [0.2, 0.25) is 5.82 Å². The Bertz CT molecular complexity index is 714. The second kappa shape index (κ2) is 6.17. The first-order chi connectivity index (χ1) is 10.9. The van der Waals surface area contributed by atoms with E-state index in [4.69, 9.17) is 4.42 Å². The number of nitrogens with zero attached hydrogens (tertiary/aromatic N) is 2. The van der Waals surface area contributed by atoms with Crippen LogP contribution in [-0.2, 0) is 6.54 Å². The molecule has 1 aliphatic carbocycles. The number of hydrogen-bond donors (Lipinski definition) is 1. The molecule has 0 saturated heterocycles. The van der Waals surface area contributed by atoms with Gasteiger partial charge in [-0.1, -0.05) is 13.8 Å². The molecular formula is C17H22F2N2O2. The molecule has 1 heterocycles. The maximum Gasteiger partial charge on any atom is 0.203 e. The van der Waals surface area contributed by atoms with Crippen LogP contribution < -0.4 is 0 Å². The van der Waals surface area contributed by atoms with E-state index >= 15 is 0 Å². The van der Waals surface area contributed by atoms with Crippen molar-refractivity contribution in [3.8, 4) is 0 Å². The average Bonchev–Trinajstić information content (AvgIpc) is 3.10. The number of rotatable bonds is 4. The van der Waals surface area contributed by atoms with E-state index < -0.39 is 17.7 Å². The zero-order valence-electron chi connectivity index (χ0n) is 13.6. The number of halogens is 2. The molecule has 1 fully saturated rings. The first kappa shape index (κ1) is 16.3. The fourth-order valence-electron chi connectivity index (χ4n) is 3.26. The summed E-state index contributed by atoms with van der Waals surface area (Å²) in [7, 11) is 1.82. The molecule has 1 N–H and O–H groups in total. The minimum absolute atomic E-state index is 0.00428. The first-order valence-electron chi connectivity index (χ1n) is 8.04. The predicted molar refractivity (Wildman–Crippen MR) is 83.1 cm³/mol. The summed E-state index contributed by atoms with van der Waals surface area (Å²) in [5.41, 5.74) is 0.446. The van der Waals surface area contributed by atoms with Crippen molar-refractivity contribution in [2.45, 2.75) is 57.7 Å².